The second kappa shape index (κ2) is 6.36. The summed E-state index contributed by atoms with van der Waals surface area (Å²) < 4.78 is 13.4. The quantitative estimate of drug-likeness (QED) is 0.913. The van der Waals surface area contributed by atoms with E-state index in [2.05, 4.69) is 41.1 Å². The van der Waals surface area contributed by atoms with Crippen molar-refractivity contribution >= 4 is 17.2 Å². The lowest BCUT2D eigenvalue weighted by atomic mass is 10.0. The van der Waals surface area contributed by atoms with Gasteiger partial charge in [0, 0.05) is 36.9 Å². The first-order chi connectivity index (χ1) is 12.4. The molecule has 1 aromatic heterocycles. The Kier molecular flexibility index (Phi) is 4.15. The fraction of sp³-hybridized carbons (Fsp3) is 0.400. The number of nitrogens with one attached hydrogen (secondary N) is 1. The van der Waals surface area contributed by atoms with Gasteiger partial charge in [-0.1, -0.05) is 12.1 Å². The van der Waals surface area contributed by atoms with Crippen molar-refractivity contribution in [1.82, 2.24) is 20.0 Å². The predicted octanol–water partition coefficient (Wildman–Crippen LogP) is 3.63. The van der Waals surface area contributed by atoms with E-state index in [-0.39, 0.29) is 11.4 Å². The lowest BCUT2D eigenvalue weighted by Gasteiger charge is -2.25. The van der Waals surface area contributed by atoms with Crippen molar-refractivity contribution in [2.24, 2.45) is 0 Å². The highest BCUT2D eigenvalue weighted by molar-refractivity contribution is 5.91. The van der Waals surface area contributed by atoms with E-state index in [9.17, 15) is 4.39 Å². The van der Waals surface area contributed by atoms with Gasteiger partial charge in [0.25, 0.3) is 0 Å². The van der Waals surface area contributed by atoms with Gasteiger partial charge in [-0.25, -0.2) is 19.4 Å². The van der Waals surface area contributed by atoms with E-state index in [0.29, 0.717) is 5.95 Å². The largest absolute Gasteiger partial charge is 0.350 e. The molecule has 4 rings (SSSR count). The minimum Gasteiger partial charge on any atom is -0.350 e. The van der Waals surface area contributed by atoms with Gasteiger partial charge in [-0.3, -0.25) is 0 Å². The topological polar surface area (TPSA) is 44.3 Å². The molecule has 2 aliphatic rings. The zero-order chi connectivity index (χ0) is 18.3. The second-order valence-corrected chi connectivity index (χ2v) is 7.84. The summed E-state index contributed by atoms with van der Waals surface area (Å²) in [5, 5.41) is 7.99. The molecule has 26 heavy (non-hydrogen) atoms. The molecule has 2 aromatic rings. The predicted molar refractivity (Wildman–Crippen MR) is 102 cm³/mol. The van der Waals surface area contributed by atoms with Crippen molar-refractivity contribution in [2.45, 2.75) is 32.7 Å². The Hall–Kier alpha value is -2.47. The molecule has 0 bridgehead atoms. The summed E-state index contributed by atoms with van der Waals surface area (Å²) in [4.78, 5) is 9.14. The summed E-state index contributed by atoms with van der Waals surface area (Å²) in [7, 11) is 0. The van der Waals surface area contributed by atoms with Gasteiger partial charge in [-0.15, -0.1) is 0 Å². The van der Waals surface area contributed by atoms with Gasteiger partial charge in [-0.2, -0.15) is 0 Å². The minimum absolute atomic E-state index is 0.109. The van der Waals surface area contributed by atoms with Crippen molar-refractivity contribution < 1.29 is 4.39 Å². The van der Waals surface area contributed by atoms with E-state index in [1.54, 1.807) is 6.20 Å². The van der Waals surface area contributed by atoms with Crippen LogP contribution in [-0.4, -0.2) is 45.2 Å². The molecular formula is C20H24FN5. The number of anilines is 1. The number of hydrazine groups is 1. The molecule has 3 heterocycles. The summed E-state index contributed by atoms with van der Waals surface area (Å²) in [6.45, 7) is 9.10. The van der Waals surface area contributed by atoms with Gasteiger partial charge in [0.05, 0.1) is 11.4 Å². The Morgan fingerprint density at radius 3 is 2.58 bits per heavy atom. The fourth-order valence-electron chi connectivity index (χ4n) is 3.55. The van der Waals surface area contributed by atoms with Gasteiger partial charge in [0.1, 0.15) is 5.82 Å². The number of aromatic nitrogens is 2. The summed E-state index contributed by atoms with van der Waals surface area (Å²) >= 11 is 0. The molecule has 0 unspecified atom stereocenters. The maximum Gasteiger partial charge on any atom is 0.223 e. The number of nitrogens with zero attached hydrogens (tertiary/aromatic N) is 4. The van der Waals surface area contributed by atoms with Crippen LogP contribution in [0.2, 0.25) is 0 Å². The number of fused-ring (bicyclic) bond motifs is 1. The molecule has 0 radical (unpaired) electrons. The van der Waals surface area contributed by atoms with E-state index in [0.717, 1.165) is 43.0 Å². The van der Waals surface area contributed by atoms with E-state index in [1.807, 2.05) is 18.2 Å². The number of hydrogen-bond donors (Lipinski definition) is 1. The molecule has 0 amide bonds. The summed E-state index contributed by atoms with van der Waals surface area (Å²) in [5.41, 5.74) is 4.12. The Bertz CT molecular complexity index is 838. The van der Waals surface area contributed by atoms with Crippen LogP contribution in [0.5, 0.6) is 0 Å². The van der Waals surface area contributed by atoms with Gasteiger partial charge in [0.15, 0.2) is 0 Å². The van der Waals surface area contributed by atoms with Crippen molar-refractivity contribution in [3.63, 3.8) is 0 Å². The van der Waals surface area contributed by atoms with Crippen LogP contribution in [0, 0.1) is 5.82 Å². The molecule has 0 spiro atoms. The van der Waals surface area contributed by atoms with Gasteiger partial charge in [-0.05, 0) is 51.0 Å². The van der Waals surface area contributed by atoms with Crippen LogP contribution >= 0.6 is 0 Å². The molecule has 1 fully saturated rings. The highest BCUT2D eigenvalue weighted by Crippen LogP contribution is 2.38. The Balaban J connectivity index is 1.78. The zero-order valence-corrected chi connectivity index (χ0v) is 15.5. The average molecular weight is 353 g/mol. The Morgan fingerprint density at radius 2 is 1.85 bits per heavy atom. The summed E-state index contributed by atoms with van der Waals surface area (Å²) in [6, 6.07) is 8.69. The van der Waals surface area contributed by atoms with Crippen molar-refractivity contribution in [3.05, 3.63) is 53.6 Å². The van der Waals surface area contributed by atoms with Crippen molar-refractivity contribution in [1.29, 1.82) is 0 Å². The maximum atomic E-state index is 13.4. The lowest BCUT2D eigenvalue weighted by Crippen LogP contribution is -2.30. The number of benzene rings is 1. The van der Waals surface area contributed by atoms with E-state index < -0.39 is 0 Å². The first kappa shape index (κ1) is 17.0. The number of rotatable bonds is 3. The average Bonchev–Trinajstić information content (AvgIpc) is 3.15. The summed E-state index contributed by atoms with van der Waals surface area (Å²) in [5.74, 6) is 0.409. The first-order valence-corrected chi connectivity index (χ1v) is 9.04. The molecule has 1 saturated heterocycles. The van der Waals surface area contributed by atoms with E-state index >= 15 is 0 Å². The smallest absolute Gasteiger partial charge is 0.223 e. The fourth-order valence-corrected chi connectivity index (χ4v) is 3.55. The number of hydrogen-bond acceptors (Lipinski definition) is 5. The molecule has 2 aliphatic heterocycles. The normalized spacial score (nSPS) is 17.8. The van der Waals surface area contributed by atoms with Gasteiger partial charge in [0.2, 0.25) is 5.95 Å². The standard InChI is InChI=1S/C20H24FN5/c1-20(2,3)24-19-22-10-9-17(23-19)18-16(13-25-11-4-12-26(18)25)14-5-7-15(21)8-6-14/h5-10H,4,11-13H2,1-3H3,(H,22,23,24). The molecular weight excluding hydrogens is 329 g/mol. The monoisotopic (exact) mass is 353 g/mol. The van der Waals surface area contributed by atoms with E-state index in [4.69, 9.17) is 4.98 Å². The SMILES string of the molecule is CC(C)(C)Nc1nccc(C2=C(c3ccc(F)cc3)CN3CCCN23)n1. The third-order valence-corrected chi connectivity index (χ3v) is 4.59. The van der Waals surface area contributed by atoms with Crippen molar-refractivity contribution in [2.75, 3.05) is 25.0 Å². The third-order valence-electron chi connectivity index (χ3n) is 4.59. The molecule has 1 N–H and O–H groups in total. The highest BCUT2D eigenvalue weighted by Gasteiger charge is 2.35. The molecule has 0 atom stereocenters. The second-order valence-electron chi connectivity index (χ2n) is 7.84. The van der Waals surface area contributed by atoms with Crippen LogP contribution in [0.15, 0.2) is 36.5 Å². The van der Waals surface area contributed by atoms with Crippen LogP contribution in [0.3, 0.4) is 0 Å². The molecule has 136 valence electrons. The molecule has 1 aromatic carbocycles. The van der Waals surface area contributed by atoms with Gasteiger partial charge >= 0.3 is 0 Å². The summed E-state index contributed by atoms with van der Waals surface area (Å²) in [6.07, 6.45) is 2.93. The van der Waals surface area contributed by atoms with Crippen LogP contribution in [-0.2, 0) is 0 Å². The maximum absolute atomic E-state index is 13.4. The molecule has 6 heteroatoms. The highest BCUT2D eigenvalue weighted by atomic mass is 19.1. The Labute approximate surface area is 153 Å². The van der Waals surface area contributed by atoms with Gasteiger partial charge < -0.3 is 10.3 Å². The third kappa shape index (κ3) is 3.29. The van der Waals surface area contributed by atoms with Crippen LogP contribution in [0.25, 0.3) is 11.3 Å². The number of halogens is 1. The Morgan fingerprint density at radius 1 is 1.08 bits per heavy atom. The van der Waals surface area contributed by atoms with Crippen LogP contribution < -0.4 is 5.32 Å². The molecule has 5 nitrogen and oxygen atoms in total. The minimum atomic E-state index is -0.214. The van der Waals surface area contributed by atoms with Crippen molar-refractivity contribution in [3.8, 4) is 0 Å². The molecule has 0 aliphatic carbocycles. The zero-order valence-electron chi connectivity index (χ0n) is 15.5. The van der Waals surface area contributed by atoms with E-state index in [1.165, 1.54) is 17.7 Å². The molecule has 0 saturated carbocycles. The first-order valence-electron chi connectivity index (χ1n) is 9.04. The van der Waals surface area contributed by atoms with Crippen LogP contribution in [0.4, 0.5) is 10.3 Å². The lowest BCUT2D eigenvalue weighted by molar-refractivity contribution is 0.129. The van der Waals surface area contributed by atoms with Crippen LogP contribution in [0.1, 0.15) is 38.4 Å².